The highest BCUT2D eigenvalue weighted by molar-refractivity contribution is 6.36. The van der Waals surface area contributed by atoms with E-state index < -0.39 is 6.04 Å². The Bertz CT molecular complexity index is 706. The molecule has 0 aromatic heterocycles. The minimum absolute atomic E-state index is 0.0647. The van der Waals surface area contributed by atoms with Gasteiger partial charge in [-0.3, -0.25) is 10.1 Å². The largest absolute Gasteiger partial charge is 0.323 e. The van der Waals surface area contributed by atoms with Gasteiger partial charge in [0.1, 0.15) is 0 Å². The van der Waals surface area contributed by atoms with Gasteiger partial charge < -0.3 is 5.32 Å². The van der Waals surface area contributed by atoms with Crippen LogP contribution in [-0.4, -0.2) is 11.9 Å². The molecule has 0 aliphatic carbocycles. The van der Waals surface area contributed by atoms with Crippen LogP contribution in [0.4, 0.5) is 5.69 Å². The molecule has 2 aromatic carbocycles. The fourth-order valence-electron chi connectivity index (χ4n) is 2.20. The van der Waals surface area contributed by atoms with Gasteiger partial charge in [0.05, 0.1) is 16.8 Å². The first-order valence-electron chi connectivity index (χ1n) is 7.15. The molecule has 2 aromatic rings. The number of carbonyl (C=O) groups is 1. The summed E-state index contributed by atoms with van der Waals surface area (Å²) in [5.74, 6) is -0.187. The monoisotopic (exact) mass is 370 g/mol. The van der Waals surface area contributed by atoms with Gasteiger partial charge in [-0.05, 0) is 43.7 Å². The molecule has 3 nitrogen and oxygen atoms in total. The summed E-state index contributed by atoms with van der Waals surface area (Å²) < 4.78 is 0. The first-order valence-corrected chi connectivity index (χ1v) is 8.28. The van der Waals surface area contributed by atoms with Crippen molar-refractivity contribution in [1.29, 1.82) is 0 Å². The maximum absolute atomic E-state index is 12.3. The molecule has 0 aliphatic rings. The van der Waals surface area contributed by atoms with Gasteiger partial charge in [0.15, 0.2) is 0 Å². The van der Waals surface area contributed by atoms with E-state index in [0.29, 0.717) is 20.8 Å². The lowest BCUT2D eigenvalue weighted by Crippen LogP contribution is -2.39. The quantitative estimate of drug-likeness (QED) is 0.746. The molecule has 0 bridgehead atoms. The molecule has 0 aliphatic heterocycles. The lowest BCUT2D eigenvalue weighted by molar-refractivity contribution is -0.117. The molecule has 6 heteroatoms. The summed E-state index contributed by atoms with van der Waals surface area (Å²) in [5, 5.41) is 7.59. The molecule has 0 radical (unpaired) electrons. The minimum Gasteiger partial charge on any atom is -0.323 e. The molecule has 0 unspecified atom stereocenters. The van der Waals surface area contributed by atoms with Gasteiger partial charge in [-0.2, -0.15) is 0 Å². The number of nitrogens with one attached hydrogen (secondary N) is 2. The van der Waals surface area contributed by atoms with E-state index in [1.807, 2.05) is 31.2 Å². The van der Waals surface area contributed by atoms with Crippen LogP contribution in [-0.2, 0) is 4.79 Å². The molecule has 0 spiro atoms. The zero-order valence-electron chi connectivity index (χ0n) is 12.7. The summed E-state index contributed by atoms with van der Waals surface area (Å²) in [7, 11) is 0. The molecular formula is C17H17Cl3N2O. The zero-order chi connectivity index (χ0) is 17.0. The van der Waals surface area contributed by atoms with Crippen molar-refractivity contribution in [1.82, 2.24) is 5.32 Å². The molecule has 1 amide bonds. The summed E-state index contributed by atoms with van der Waals surface area (Å²) in [5.41, 5.74) is 1.47. The Hall–Kier alpha value is -1.26. The van der Waals surface area contributed by atoms with Crippen LogP contribution in [0.5, 0.6) is 0 Å². The number of hydrogen-bond donors (Lipinski definition) is 2. The zero-order valence-corrected chi connectivity index (χ0v) is 15.0. The summed E-state index contributed by atoms with van der Waals surface area (Å²) >= 11 is 18.1. The fraction of sp³-hybridized carbons (Fsp3) is 0.235. The predicted molar refractivity (Wildman–Crippen MR) is 97.6 cm³/mol. The Morgan fingerprint density at radius 2 is 1.70 bits per heavy atom. The van der Waals surface area contributed by atoms with Crippen LogP contribution in [0.15, 0.2) is 42.5 Å². The molecule has 0 saturated carbocycles. The van der Waals surface area contributed by atoms with Crippen LogP contribution in [0.25, 0.3) is 0 Å². The Morgan fingerprint density at radius 1 is 1.00 bits per heavy atom. The number of benzene rings is 2. The maximum atomic E-state index is 12.3. The topological polar surface area (TPSA) is 41.1 Å². The van der Waals surface area contributed by atoms with E-state index in [9.17, 15) is 4.79 Å². The van der Waals surface area contributed by atoms with Crippen molar-refractivity contribution in [2.24, 2.45) is 0 Å². The van der Waals surface area contributed by atoms with Gasteiger partial charge in [0.2, 0.25) is 5.91 Å². The molecular weight excluding hydrogens is 355 g/mol. The van der Waals surface area contributed by atoms with Crippen LogP contribution in [0.1, 0.15) is 25.5 Å². The molecule has 0 heterocycles. The molecule has 122 valence electrons. The molecule has 2 rings (SSSR count). The number of anilines is 1. The van der Waals surface area contributed by atoms with Crippen LogP contribution in [0, 0.1) is 0 Å². The van der Waals surface area contributed by atoms with Gasteiger partial charge >= 0.3 is 0 Å². The second-order valence-corrected chi connectivity index (χ2v) is 6.50. The van der Waals surface area contributed by atoms with Crippen molar-refractivity contribution in [3.63, 3.8) is 0 Å². The lowest BCUT2D eigenvalue weighted by atomic mass is 10.1. The lowest BCUT2D eigenvalue weighted by Gasteiger charge is -2.21. The number of carbonyl (C=O) groups excluding carboxylic acids is 1. The van der Waals surface area contributed by atoms with Crippen molar-refractivity contribution < 1.29 is 4.79 Å². The van der Waals surface area contributed by atoms with Gasteiger partial charge in [-0.15, -0.1) is 0 Å². The Balaban J connectivity index is 2.01. The third-order valence-corrected chi connectivity index (χ3v) is 4.35. The van der Waals surface area contributed by atoms with E-state index in [2.05, 4.69) is 10.6 Å². The average Bonchev–Trinajstić information content (AvgIpc) is 2.50. The van der Waals surface area contributed by atoms with Crippen molar-refractivity contribution in [2.45, 2.75) is 25.9 Å². The summed E-state index contributed by atoms with van der Waals surface area (Å²) in [4.78, 5) is 12.3. The summed E-state index contributed by atoms with van der Waals surface area (Å²) in [6.45, 7) is 3.74. The minimum atomic E-state index is -0.423. The Labute approximate surface area is 150 Å². The van der Waals surface area contributed by atoms with E-state index in [-0.39, 0.29) is 11.9 Å². The highest BCUT2D eigenvalue weighted by Gasteiger charge is 2.18. The smallest absolute Gasteiger partial charge is 0.241 e. The summed E-state index contributed by atoms with van der Waals surface area (Å²) in [6.07, 6.45) is 0. The van der Waals surface area contributed by atoms with Crippen molar-refractivity contribution in [3.8, 4) is 0 Å². The second-order valence-electron chi connectivity index (χ2n) is 5.24. The fourth-order valence-corrected chi connectivity index (χ4v) is 2.95. The standard InChI is InChI=1S/C17H17Cl3N2O/c1-10(13-5-3-4-6-14(13)19)21-11(2)17(23)22-16-8-7-12(18)9-15(16)20/h3-11,21H,1-2H3,(H,22,23)/t10-,11+/m1/s1. The van der Waals surface area contributed by atoms with Crippen LogP contribution in [0.2, 0.25) is 15.1 Å². The van der Waals surface area contributed by atoms with Gasteiger partial charge in [0, 0.05) is 16.1 Å². The van der Waals surface area contributed by atoms with E-state index in [1.54, 1.807) is 25.1 Å². The van der Waals surface area contributed by atoms with E-state index in [0.717, 1.165) is 5.56 Å². The number of hydrogen-bond acceptors (Lipinski definition) is 2. The van der Waals surface area contributed by atoms with Crippen molar-refractivity contribution >= 4 is 46.4 Å². The van der Waals surface area contributed by atoms with Gasteiger partial charge in [-0.25, -0.2) is 0 Å². The predicted octanol–water partition coefficient (Wildman–Crippen LogP) is 5.32. The maximum Gasteiger partial charge on any atom is 0.241 e. The third kappa shape index (κ3) is 4.85. The molecule has 23 heavy (non-hydrogen) atoms. The Kier molecular flexibility index (Phi) is 6.31. The highest BCUT2D eigenvalue weighted by atomic mass is 35.5. The SMILES string of the molecule is C[C@H](N[C@H](C)c1ccccc1Cl)C(=O)Nc1ccc(Cl)cc1Cl. The first-order chi connectivity index (χ1) is 10.9. The number of halogens is 3. The molecule has 0 saturated heterocycles. The van der Waals surface area contributed by atoms with Gasteiger partial charge in [0.25, 0.3) is 0 Å². The normalized spacial score (nSPS) is 13.4. The second kappa shape index (κ2) is 8.02. The first kappa shape index (κ1) is 18.1. The Morgan fingerprint density at radius 3 is 2.35 bits per heavy atom. The van der Waals surface area contributed by atoms with Crippen LogP contribution < -0.4 is 10.6 Å². The molecule has 2 atom stereocenters. The van der Waals surface area contributed by atoms with Crippen molar-refractivity contribution in [3.05, 3.63) is 63.1 Å². The van der Waals surface area contributed by atoms with Crippen LogP contribution in [0.3, 0.4) is 0 Å². The molecule has 0 fully saturated rings. The average molecular weight is 372 g/mol. The third-order valence-electron chi connectivity index (χ3n) is 3.45. The van der Waals surface area contributed by atoms with E-state index >= 15 is 0 Å². The summed E-state index contributed by atoms with van der Waals surface area (Å²) in [6, 6.07) is 12.0. The van der Waals surface area contributed by atoms with Crippen molar-refractivity contribution in [2.75, 3.05) is 5.32 Å². The highest BCUT2D eigenvalue weighted by Crippen LogP contribution is 2.26. The molecule has 2 N–H and O–H groups in total. The van der Waals surface area contributed by atoms with Crippen LogP contribution >= 0.6 is 34.8 Å². The van der Waals surface area contributed by atoms with Gasteiger partial charge in [-0.1, -0.05) is 53.0 Å². The van der Waals surface area contributed by atoms with E-state index in [4.69, 9.17) is 34.8 Å². The number of amides is 1. The number of rotatable bonds is 5. The van der Waals surface area contributed by atoms with E-state index in [1.165, 1.54) is 0 Å².